The van der Waals surface area contributed by atoms with Crippen LogP contribution < -0.4 is 0 Å². The molecular formula is C5H4BrNO2S. The molecule has 1 heterocycles. The van der Waals surface area contributed by atoms with Crippen molar-refractivity contribution in [2.75, 3.05) is 0 Å². The standard InChI is InChI=1S/C5H4BrNO2S/c1-3-4(5(8)9-6)7-2-10-3/h2H,1H3. The molecule has 0 amide bonds. The molecule has 0 aliphatic heterocycles. The number of halogens is 1. The topological polar surface area (TPSA) is 39.2 Å². The average Bonchev–Trinajstić information content (AvgIpc) is 2.34. The summed E-state index contributed by atoms with van der Waals surface area (Å²) in [6.45, 7) is 1.82. The summed E-state index contributed by atoms with van der Waals surface area (Å²) < 4.78 is 4.29. The number of thiazole rings is 1. The molecule has 3 nitrogen and oxygen atoms in total. The molecule has 1 rings (SSSR count). The first kappa shape index (κ1) is 7.68. The monoisotopic (exact) mass is 221 g/mol. The number of aromatic nitrogens is 1. The third-order valence-electron chi connectivity index (χ3n) is 1.01. The molecular weight excluding hydrogens is 218 g/mol. The van der Waals surface area contributed by atoms with E-state index in [2.05, 4.69) is 25.1 Å². The van der Waals surface area contributed by atoms with Gasteiger partial charge in [0.25, 0.3) is 0 Å². The van der Waals surface area contributed by atoms with Crippen LogP contribution in [0.2, 0.25) is 0 Å². The van der Waals surface area contributed by atoms with Gasteiger partial charge in [0, 0.05) is 4.88 Å². The Morgan fingerprint density at radius 3 is 3.00 bits per heavy atom. The van der Waals surface area contributed by atoms with Gasteiger partial charge in [0.05, 0.1) is 5.51 Å². The Bertz CT molecular complexity index is 248. The summed E-state index contributed by atoms with van der Waals surface area (Å²) in [5, 5.41) is 0. The van der Waals surface area contributed by atoms with Crippen molar-refractivity contribution in [3.63, 3.8) is 0 Å². The van der Waals surface area contributed by atoms with E-state index in [0.29, 0.717) is 5.69 Å². The van der Waals surface area contributed by atoms with Crippen molar-refractivity contribution < 1.29 is 8.62 Å². The quantitative estimate of drug-likeness (QED) is 0.728. The first-order chi connectivity index (χ1) is 4.75. The summed E-state index contributed by atoms with van der Waals surface area (Å²) in [5.74, 6) is -0.446. The van der Waals surface area contributed by atoms with Gasteiger partial charge in [-0.25, -0.2) is 9.78 Å². The van der Waals surface area contributed by atoms with Crippen LogP contribution in [-0.2, 0) is 3.83 Å². The molecule has 1 aromatic heterocycles. The van der Waals surface area contributed by atoms with Gasteiger partial charge in [-0.1, -0.05) is 0 Å². The molecule has 1 aromatic rings. The summed E-state index contributed by atoms with van der Waals surface area (Å²) >= 11 is 4.00. The molecule has 0 radical (unpaired) electrons. The van der Waals surface area contributed by atoms with Crippen LogP contribution in [0.15, 0.2) is 5.51 Å². The van der Waals surface area contributed by atoms with Gasteiger partial charge in [0.2, 0.25) is 0 Å². The van der Waals surface area contributed by atoms with Gasteiger partial charge >= 0.3 is 5.97 Å². The first-order valence-corrected chi connectivity index (χ1v) is 4.01. The molecule has 0 fully saturated rings. The van der Waals surface area contributed by atoms with Crippen molar-refractivity contribution in [1.82, 2.24) is 4.98 Å². The summed E-state index contributed by atoms with van der Waals surface area (Å²) in [6, 6.07) is 0. The Hall–Kier alpha value is -0.420. The minimum atomic E-state index is -0.446. The van der Waals surface area contributed by atoms with Gasteiger partial charge < -0.3 is 3.83 Å². The van der Waals surface area contributed by atoms with E-state index < -0.39 is 5.97 Å². The largest absolute Gasteiger partial charge is 0.379 e. The third kappa shape index (κ3) is 1.35. The molecule has 0 atom stereocenters. The Kier molecular flexibility index (Phi) is 2.39. The smallest absolute Gasteiger partial charge is 0.369 e. The fraction of sp³-hybridized carbons (Fsp3) is 0.200. The SMILES string of the molecule is Cc1scnc1C(=O)OBr. The van der Waals surface area contributed by atoms with Gasteiger partial charge in [-0.15, -0.1) is 11.3 Å². The molecule has 0 unspecified atom stereocenters. The second-order valence-corrected chi connectivity index (χ2v) is 3.00. The zero-order valence-electron chi connectivity index (χ0n) is 5.13. The van der Waals surface area contributed by atoms with Crippen molar-refractivity contribution >= 4 is 33.6 Å². The molecule has 54 valence electrons. The number of hydrogen-bond donors (Lipinski definition) is 0. The van der Waals surface area contributed by atoms with Crippen LogP contribution in [0.4, 0.5) is 0 Å². The second-order valence-electron chi connectivity index (χ2n) is 1.62. The maximum Gasteiger partial charge on any atom is 0.369 e. The normalized spacial score (nSPS) is 9.40. The fourth-order valence-electron chi connectivity index (χ4n) is 0.538. The van der Waals surface area contributed by atoms with E-state index in [1.54, 1.807) is 5.51 Å². The van der Waals surface area contributed by atoms with E-state index in [9.17, 15) is 4.79 Å². The molecule has 0 N–H and O–H groups in total. The van der Waals surface area contributed by atoms with Gasteiger partial charge in [0.15, 0.2) is 22.0 Å². The molecule has 0 saturated carbocycles. The molecule has 0 saturated heterocycles. The van der Waals surface area contributed by atoms with E-state index in [-0.39, 0.29) is 0 Å². The molecule has 0 aliphatic carbocycles. The highest BCUT2D eigenvalue weighted by Gasteiger charge is 2.11. The lowest BCUT2D eigenvalue weighted by molar-refractivity contribution is 0.0776. The van der Waals surface area contributed by atoms with Crippen molar-refractivity contribution in [3.8, 4) is 0 Å². The number of carbonyl (C=O) groups excluding carboxylic acids is 1. The molecule has 10 heavy (non-hydrogen) atoms. The van der Waals surface area contributed by atoms with Crippen molar-refractivity contribution in [3.05, 3.63) is 16.1 Å². The van der Waals surface area contributed by atoms with Crippen molar-refractivity contribution in [2.24, 2.45) is 0 Å². The zero-order valence-corrected chi connectivity index (χ0v) is 7.53. The van der Waals surface area contributed by atoms with Gasteiger partial charge in [-0.2, -0.15) is 0 Å². The van der Waals surface area contributed by atoms with Crippen LogP contribution in [0.3, 0.4) is 0 Å². The fourth-order valence-corrected chi connectivity index (χ4v) is 1.26. The third-order valence-corrected chi connectivity index (χ3v) is 2.06. The van der Waals surface area contributed by atoms with E-state index in [0.717, 1.165) is 4.88 Å². The Morgan fingerprint density at radius 2 is 2.60 bits per heavy atom. The number of aryl methyl sites for hydroxylation is 1. The Labute approximate surface area is 70.5 Å². The highest BCUT2D eigenvalue weighted by Crippen LogP contribution is 2.12. The number of carbonyl (C=O) groups is 1. The second kappa shape index (κ2) is 3.12. The van der Waals surface area contributed by atoms with Crippen molar-refractivity contribution in [1.29, 1.82) is 0 Å². The average molecular weight is 222 g/mol. The number of nitrogens with zero attached hydrogens (tertiary/aromatic N) is 1. The van der Waals surface area contributed by atoms with E-state index in [1.807, 2.05) is 6.92 Å². The van der Waals surface area contributed by atoms with Gasteiger partial charge in [-0.3, -0.25) is 0 Å². The van der Waals surface area contributed by atoms with Gasteiger partial charge in [0.1, 0.15) is 0 Å². The molecule has 0 aromatic carbocycles. The highest BCUT2D eigenvalue weighted by molar-refractivity contribution is 9.06. The predicted octanol–water partition coefficient (Wildman–Crippen LogP) is 1.92. The van der Waals surface area contributed by atoms with Crippen LogP contribution in [0.1, 0.15) is 15.4 Å². The lowest BCUT2D eigenvalue weighted by atomic mass is 10.4. The van der Waals surface area contributed by atoms with Crippen LogP contribution in [0.25, 0.3) is 0 Å². The summed E-state index contributed by atoms with van der Waals surface area (Å²) in [7, 11) is 0. The Balaban J connectivity index is 2.93. The van der Waals surface area contributed by atoms with Crippen LogP contribution >= 0.6 is 27.6 Å². The van der Waals surface area contributed by atoms with Crippen molar-refractivity contribution in [2.45, 2.75) is 6.92 Å². The Morgan fingerprint density at radius 1 is 1.90 bits per heavy atom. The van der Waals surface area contributed by atoms with Crippen LogP contribution in [0, 0.1) is 6.92 Å². The maximum absolute atomic E-state index is 10.8. The summed E-state index contributed by atoms with van der Waals surface area (Å²) in [6.07, 6.45) is 0. The minimum absolute atomic E-state index is 0.377. The van der Waals surface area contributed by atoms with E-state index in [4.69, 9.17) is 0 Å². The number of rotatable bonds is 1. The summed E-state index contributed by atoms with van der Waals surface area (Å²) in [5.41, 5.74) is 1.98. The summed E-state index contributed by atoms with van der Waals surface area (Å²) in [4.78, 5) is 15.4. The lowest BCUT2D eigenvalue weighted by Gasteiger charge is -1.90. The minimum Gasteiger partial charge on any atom is -0.379 e. The predicted molar refractivity (Wildman–Crippen MR) is 41.2 cm³/mol. The number of hydrogen-bond acceptors (Lipinski definition) is 4. The zero-order chi connectivity index (χ0) is 7.56. The first-order valence-electron chi connectivity index (χ1n) is 2.48. The maximum atomic E-state index is 10.8. The molecule has 0 spiro atoms. The van der Waals surface area contributed by atoms with Gasteiger partial charge in [-0.05, 0) is 6.92 Å². The van der Waals surface area contributed by atoms with Crippen LogP contribution in [0.5, 0.6) is 0 Å². The van der Waals surface area contributed by atoms with Crippen LogP contribution in [-0.4, -0.2) is 11.0 Å². The highest BCUT2D eigenvalue weighted by atomic mass is 79.9. The molecule has 5 heteroatoms. The molecule has 0 bridgehead atoms. The lowest BCUT2D eigenvalue weighted by Crippen LogP contribution is -1.99. The van der Waals surface area contributed by atoms with E-state index in [1.165, 1.54) is 11.3 Å². The molecule has 0 aliphatic rings. The van der Waals surface area contributed by atoms with E-state index >= 15 is 0 Å².